The third kappa shape index (κ3) is 17.2. The molecule has 1 aliphatic heterocycles. The molecule has 2 rings (SSSR count). The van der Waals surface area contributed by atoms with E-state index in [1.165, 1.54) is 28.0 Å². The number of nitrogens with two attached hydrogens (primary N) is 5. The van der Waals surface area contributed by atoms with Gasteiger partial charge in [0, 0.05) is 26.2 Å². The summed E-state index contributed by atoms with van der Waals surface area (Å²) in [6, 6.07) is 0.765. The summed E-state index contributed by atoms with van der Waals surface area (Å²) in [4.78, 5) is 91.4. The molecule has 5 amide bonds. The van der Waals surface area contributed by atoms with E-state index < -0.39 is 78.2 Å². The molecule has 1 heterocycles. The molecule has 20 nitrogen and oxygen atoms in total. The van der Waals surface area contributed by atoms with E-state index in [-0.39, 0.29) is 75.4 Å². The lowest BCUT2D eigenvalue weighted by Gasteiger charge is -2.33. The third-order valence-corrected chi connectivity index (χ3v) is 9.74. The number of guanidine groups is 2. The Morgan fingerprint density at radius 1 is 0.881 bits per heavy atom. The molecule has 0 spiro atoms. The smallest absolute Gasteiger partial charge is 0.326 e. The second-order valence-corrected chi connectivity index (χ2v) is 15.1. The molecule has 1 aromatic carbocycles. The van der Waals surface area contributed by atoms with Gasteiger partial charge in [0.05, 0.1) is 12.6 Å². The van der Waals surface area contributed by atoms with Gasteiger partial charge in [-0.25, -0.2) is 4.79 Å². The van der Waals surface area contributed by atoms with E-state index in [4.69, 9.17) is 28.7 Å². The fourth-order valence-electron chi connectivity index (χ4n) is 6.28. The van der Waals surface area contributed by atoms with Crippen molar-refractivity contribution in [3.63, 3.8) is 0 Å². The van der Waals surface area contributed by atoms with Gasteiger partial charge in [0.1, 0.15) is 29.9 Å². The van der Waals surface area contributed by atoms with Gasteiger partial charge in [0.25, 0.3) is 0 Å². The molecule has 15 N–H and O–H groups in total. The van der Waals surface area contributed by atoms with Crippen molar-refractivity contribution in [1.29, 1.82) is 0 Å². The number of phenols is 1. The molecule has 20 heteroatoms. The number of nitrogens with one attached hydrogen (secondary N) is 3. The van der Waals surface area contributed by atoms with Crippen LogP contribution in [0, 0.1) is 11.8 Å². The maximum Gasteiger partial charge on any atom is 0.326 e. The van der Waals surface area contributed by atoms with E-state index in [9.17, 15) is 39.0 Å². The Balaban J connectivity index is 2.37. The summed E-state index contributed by atoms with van der Waals surface area (Å²) in [5.74, 6) is -4.95. The number of aliphatic imine (C=N–C) groups is 2. The van der Waals surface area contributed by atoms with E-state index in [0.717, 1.165) is 5.56 Å². The van der Waals surface area contributed by atoms with E-state index in [1.54, 1.807) is 25.1 Å². The summed E-state index contributed by atoms with van der Waals surface area (Å²) >= 11 is 0. The first kappa shape index (κ1) is 49.2. The van der Waals surface area contributed by atoms with Crippen LogP contribution in [-0.4, -0.2) is 130 Å². The number of carboxylic acid groups (broad SMARTS) is 1. The second-order valence-electron chi connectivity index (χ2n) is 15.1. The summed E-state index contributed by atoms with van der Waals surface area (Å²) in [6.07, 6.45) is 5.11. The first-order valence-electron chi connectivity index (χ1n) is 19.9. The van der Waals surface area contributed by atoms with Gasteiger partial charge in [0.2, 0.25) is 29.5 Å². The maximum absolute atomic E-state index is 14.4. The number of hydrogen-bond acceptors (Lipinski definition) is 10. The van der Waals surface area contributed by atoms with Crippen LogP contribution < -0.4 is 44.6 Å². The van der Waals surface area contributed by atoms with E-state index >= 15 is 0 Å². The lowest BCUT2D eigenvalue weighted by molar-refractivity contribution is -0.146. The largest absolute Gasteiger partial charge is 0.508 e. The number of rotatable bonds is 25. The average molecular weight is 829 g/mol. The Morgan fingerprint density at radius 2 is 1.47 bits per heavy atom. The Morgan fingerprint density at radius 3 is 2.03 bits per heavy atom. The lowest BCUT2D eigenvalue weighted by atomic mass is 9.97. The molecular formula is C39H64N12O8. The van der Waals surface area contributed by atoms with Gasteiger partial charge in [-0.15, -0.1) is 0 Å². The van der Waals surface area contributed by atoms with Crippen molar-refractivity contribution < 1.29 is 39.0 Å². The Bertz CT molecular complexity index is 1660. The SMILES string of the molecule is CC[C@H](C)[C@H](NC(=O)CN(CCc1ccc(O)cc1)C(=O)[C@@H]1C=CCN1C(=O)[C@H](CCCN=C(N)N)NC(=O)[C@@H](N)CCCN=C(N)N)C(=O)N[C@@H](CC(C)C)C(=O)O. The fourth-order valence-corrected chi connectivity index (χ4v) is 6.28. The third-order valence-electron chi connectivity index (χ3n) is 9.74. The summed E-state index contributed by atoms with van der Waals surface area (Å²) in [7, 11) is 0. The van der Waals surface area contributed by atoms with Crippen molar-refractivity contribution in [3.8, 4) is 5.75 Å². The minimum Gasteiger partial charge on any atom is -0.508 e. The second kappa shape index (κ2) is 24.8. The zero-order chi connectivity index (χ0) is 44.2. The highest BCUT2D eigenvalue weighted by molar-refractivity contribution is 5.96. The van der Waals surface area contributed by atoms with Gasteiger partial charge in [0.15, 0.2) is 11.9 Å². The topological polar surface area (TPSA) is 340 Å². The van der Waals surface area contributed by atoms with E-state index in [0.29, 0.717) is 19.3 Å². The van der Waals surface area contributed by atoms with Crippen molar-refractivity contribution in [2.24, 2.45) is 50.5 Å². The van der Waals surface area contributed by atoms with Crippen molar-refractivity contribution in [1.82, 2.24) is 25.8 Å². The van der Waals surface area contributed by atoms with Gasteiger partial charge in [-0.1, -0.05) is 58.4 Å². The minimum absolute atomic E-state index is 0.00640. The van der Waals surface area contributed by atoms with Crippen LogP contribution in [0.15, 0.2) is 46.4 Å². The zero-order valence-corrected chi connectivity index (χ0v) is 34.5. The number of carbonyl (C=O) groups excluding carboxylic acids is 5. The van der Waals surface area contributed by atoms with Crippen LogP contribution >= 0.6 is 0 Å². The number of hydrogen-bond donors (Lipinski definition) is 10. The summed E-state index contributed by atoms with van der Waals surface area (Å²) in [6.45, 7) is 7.17. The Labute approximate surface area is 345 Å². The van der Waals surface area contributed by atoms with Gasteiger partial charge in [-0.3, -0.25) is 34.0 Å². The molecule has 0 saturated carbocycles. The highest BCUT2D eigenvalue weighted by Gasteiger charge is 2.38. The summed E-state index contributed by atoms with van der Waals surface area (Å²) < 4.78 is 0. The Kier molecular flexibility index (Phi) is 20.7. The lowest BCUT2D eigenvalue weighted by Crippen LogP contribution is -2.58. The van der Waals surface area contributed by atoms with Crippen molar-refractivity contribution in [3.05, 3.63) is 42.0 Å². The minimum atomic E-state index is -1.20. The molecule has 0 bridgehead atoms. The maximum atomic E-state index is 14.4. The van der Waals surface area contributed by atoms with Gasteiger partial charge >= 0.3 is 5.97 Å². The molecule has 0 aliphatic carbocycles. The quantitative estimate of drug-likeness (QED) is 0.0235. The molecule has 1 aromatic rings. The molecule has 0 radical (unpaired) electrons. The monoisotopic (exact) mass is 828 g/mol. The van der Waals surface area contributed by atoms with Crippen molar-refractivity contribution in [2.75, 3.05) is 32.7 Å². The van der Waals surface area contributed by atoms with Crippen LogP contribution in [0.25, 0.3) is 0 Å². The highest BCUT2D eigenvalue weighted by Crippen LogP contribution is 2.19. The molecule has 328 valence electrons. The molecular weight excluding hydrogens is 765 g/mol. The number of carbonyl (C=O) groups is 6. The molecule has 59 heavy (non-hydrogen) atoms. The number of amides is 5. The van der Waals surface area contributed by atoms with Crippen LogP contribution in [0.5, 0.6) is 5.75 Å². The van der Waals surface area contributed by atoms with Crippen LogP contribution in [0.3, 0.4) is 0 Å². The van der Waals surface area contributed by atoms with Crippen molar-refractivity contribution >= 4 is 47.4 Å². The fraction of sp³-hybridized carbons (Fsp3) is 0.590. The molecule has 0 aromatic heterocycles. The van der Waals surface area contributed by atoms with Crippen LogP contribution in [0.1, 0.15) is 71.8 Å². The number of nitrogens with zero attached hydrogens (tertiary/aromatic N) is 4. The normalized spacial score (nSPS) is 15.9. The van der Waals surface area contributed by atoms with Crippen LogP contribution in [-0.2, 0) is 35.2 Å². The van der Waals surface area contributed by atoms with Crippen LogP contribution in [0.4, 0.5) is 0 Å². The van der Waals surface area contributed by atoms with Gasteiger partial charge in [-0.2, -0.15) is 0 Å². The first-order chi connectivity index (χ1) is 27.8. The molecule has 6 atom stereocenters. The summed E-state index contributed by atoms with van der Waals surface area (Å²) in [5, 5.41) is 27.5. The number of benzene rings is 1. The average Bonchev–Trinajstić information content (AvgIpc) is 3.67. The van der Waals surface area contributed by atoms with E-state index in [1.807, 2.05) is 20.8 Å². The predicted molar refractivity (Wildman–Crippen MR) is 223 cm³/mol. The molecule has 0 saturated heterocycles. The standard InChI is InChI=1S/C39H64N12O8/c1-5-24(4)32(34(55)48-29(37(58)59)21-23(2)3)49-31(53)22-50(20-16-25-12-14-26(52)15-13-25)36(57)30-11-8-19-51(30)35(56)28(10-7-18-46-39(43)44)47-33(54)27(40)9-6-17-45-38(41)42/h8,11-15,23-24,27-30,32,52H,5-7,9-10,16-22,40H2,1-4H3,(H,47,54)(H,48,55)(H,49,53)(H,58,59)(H4,41,42,45)(H4,43,44,46)/t24-,27-,28-,29-,30-,32-/m0/s1. The van der Waals surface area contributed by atoms with Gasteiger partial charge in [-0.05, 0) is 68.1 Å². The Hall–Kier alpha value is -5.92. The summed E-state index contributed by atoms with van der Waals surface area (Å²) in [5.41, 5.74) is 28.6. The molecule has 0 unspecified atom stereocenters. The highest BCUT2D eigenvalue weighted by atomic mass is 16.4. The number of aliphatic carboxylic acids is 1. The zero-order valence-electron chi connectivity index (χ0n) is 34.5. The number of phenolic OH excluding ortho intramolecular Hbond substituents is 1. The van der Waals surface area contributed by atoms with E-state index in [2.05, 4.69) is 25.9 Å². The molecule has 0 fully saturated rings. The predicted octanol–water partition coefficient (Wildman–Crippen LogP) is -1.40. The van der Waals surface area contributed by atoms with Crippen LogP contribution in [0.2, 0.25) is 0 Å². The molecule has 1 aliphatic rings. The van der Waals surface area contributed by atoms with Gasteiger partial charge < -0.3 is 64.6 Å². The number of carboxylic acids is 1. The number of aromatic hydroxyl groups is 1. The first-order valence-corrected chi connectivity index (χ1v) is 19.9. The van der Waals surface area contributed by atoms with Crippen molar-refractivity contribution in [2.45, 2.75) is 103 Å².